The molecule has 4 N–H and O–H groups in total. The summed E-state index contributed by atoms with van der Waals surface area (Å²) in [5.74, 6) is 0.460. The van der Waals surface area contributed by atoms with Crippen LogP contribution in [0, 0.1) is 12.8 Å². The lowest BCUT2D eigenvalue weighted by Crippen LogP contribution is -2.17. The zero-order chi connectivity index (χ0) is 10.0. The molecule has 1 aromatic carbocycles. The molecule has 0 heterocycles. The van der Waals surface area contributed by atoms with E-state index in [1.165, 1.54) is 11.1 Å². The predicted octanol–water partition coefficient (Wildman–Crippen LogP) is 2.23. The smallest absolute Gasteiger partial charge is 0.0320 e. The SMILES string of the molecule is Cc1cc(N)ccc1C(N)C(C)C. The highest BCUT2D eigenvalue weighted by Gasteiger charge is 2.12. The van der Waals surface area contributed by atoms with Gasteiger partial charge >= 0.3 is 0 Å². The summed E-state index contributed by atoms with van der Waals surface area (Å²) in [6, 6.07) is 6.01. The molecule has 0 saturated heterocycles. The van der Waals surface area contributed by atoms with Gasteiger partial charge in [0.2, 0.25) is 0 Å². The van der Waals surface area contributed by atoms with Crippen molar-refractivity contribution in [1.82, 2.24) is 0 Å². The minimum absolute atomic E-state index is 0.112. The third-order valence-corrected chi connectivity index (χ3v) is 2.37. The van der Waals surface area contributed by atoms with Gasteiger partial charge in [-0.1, -0.05) is 19.9 Å². The zero-order valence-corrected chi connectivity index (χ0v) is 8.54. The van der Waals surface area contributed by atoms with Gasteiger partial charge < -0.3 is 11.5 Å². The number of nitrogen functional groups attached to an aromatic ring is 1. The molecule has 72 valence electrons. The molecule has 1 rings (SSSR count). The standard InChI is InChI=1S/C11H18N2/c1-7(2)11(13)10-5-4-9(12)6-8(10)3/h4-7,11H,12-13H2,1-3H3. The lowest BCUT2D eigenvalue weighted by Gasteiger charge is -2.18. The van der Waals surface area contributed by atoms with Gasteiger partial charge in [0.15, 0.2) is 0 Å². The van der Waals surface area contributed by atoms with E-state index in [0.717, 1.165) is 5.69 Å². The Morgan fingerprint density at radius 2 is 1.85 bits per heavy atom. The summed E-state index contributed by atoms with van der Waals surface area (Å²) >= 11 is 0. The summed E-state index contributed by atoms with van der Waals surface area (Å²) in [6.07, 6.45) is 0. The summed E-state index contributed by atoms with van der Waals surface area (Å²) < 4.78 is 0. The zero-order valence-electron chi connectivity index (χ0n) is 8.54. The van der Waals surface area contributed by atoms with Crippen LogP contribution in [0.4, 0.5) is 5.69 Å². The van der Waals surface area contributed by atoms with Crippen LogP contribution in [0.1, 0.15) is 31.0 Å². The molecule has 0 amide bonds. The second-order valence-corrected chi connectivity index (χ2v) is 3.89. The van der Waals surface area contributed by atoms with Gasteiger partial charge in [-0.2, -0.15) is 0 Å². The molecule has 0 aliphatic heterocycles. The van der Waals surface area contributed by atoms with Crippen LogP contribution in [0.2, 0.25) is 0 Å². The third-order valence-electron chi connectivity index (χ3n) is 2.37. The van der Waals surface area contributed by atoms with Gasteiger partial charge in [-0.25, -0.2) is 0 Å². The molecule has 0 aromatic heterocycles. The first-order valence-electron chi connectivity index (χ1n) is 4.64. The maximum absolute atomic E-state index is 6.05. The van der Waals surface area contributed by atoms with Crippen LogP contribution >= 0.6 is 0 Å². The van der Waals surface area contributed by atoms with E-state index in [-0.39, 0.29) is 6.04 Å². The molecule has 1 unspecified atom stereocenters. The van der Waals surface area contributed by atoms with Gasteiger partial charge in [-0.05, 0) is 36.1 Å². The Kier molecular flexibility index (Phi) is 2.94. The molecule has 0 aliphatic carbocycles. The fourth-order valence-electron chi connectivity index (χ4n) is 1.43. The average Bonchev–Trinajstić information content (AvgIpc) is 2.03. The number of anilines is 1. The van der Waals surface area contributed by atoms with Crippen molar-refractivity contribution in [3.63, 3.8) is 0 Å². The molecule has 2 heteroatoms. The largest absolute Gasteiger partial charge is 0.399 e. The second kappa shape index (κ2) is 3.79. The normalized spacial score (nSPS) is 13.3. The van der Waals surface area contributed by atoms with Gasteiger partial charge in [0.05, 0.1) is 0 Å². The van der Waals surface area contributed by atoms with E-state index < -0.39 is 0 Å². The molecule has 0 spiro atoms. The molecule has 0 aliphatic rings. The van der Waals surface area contributed by atoms with Crippen molar-refractivity contribution in [2.24, 2.45) is 11.7 Å². The molecule has 0 fully saturated rings. The first kappa shape index (κ1) is 10.1. The topological polar surface area (TPSA) is 52.0 Å². The molecule has 2 nitrogen and oxygen atoms in total. The molecule has 1 atom stereocenters. The van der Waals surface area contributed by atoms with E-state index in [1.807, 2.05) is 25.1 Å². The molecule has 0 saturated carbocycles. The number of hydrogen-bond donors (Lipinski definition) is 2. The van der Waals surface area contributed by atoms with Crippen molar-refractivity contribution in [2.45, 2.75) is 26.8 Å². The van der Waals surface area contributed by atoms with Crippen LogP contribution in [0.15, 0.2) is 18.2 Å². The van der Waals surface area contributed by atoms with E-state index in [0.29, 0.717) is 5.92 Å². The highest BCUT2D eigenvalue weighted by atomic mass is 14.6. The van der Waals surface area contributed by atoms with Crippen molar-refractivity contribution in [3.05, 3.63) is 29.3 Å². The number of hydrogen-bond acceptors (Lipinski definition) is 2. The van der Waals surface area contributed by atoms with Gasteiger partial charge in [0.1, 0.15) is 0 Å². The fraction of sp³-hybridized carbons (Fsp3) is 0.455. The van der Waals surface area contributed by atoms with Crippen molar-refractivity contribution < 1.29 is 0 Å². The maximum Gasteiger partial charge on any atom is 0.0320 e. The van der Waals surface area contributed by atoms with Crippen LogP contribution in [0.25, 0.3) is 0 Å². The molecule has 0 radical (unpaired) electrons. The number of nitrogens with two attached hydrogens (primary N) is 2. The summed E-state index contributed by atoms with van der Waals surface area (Å²) in [5.41, 5.74) is 14.9. The Morgan fingerprint density at radius 3 is 2.31 bits per heavy atom. The minimum Gasteiger partial charge on any atom is -0.399 e. The third kappa shape index (κ3) is 2.22. The van der Waals surface area contributed by atoms with E-state index >= 15 is 0 Å². The Bertz CT molecular complexity index is 292. The fourth-order valence-corrected chi connectivity index (χ4v) is 1.43. The first-order chi connectivity index (χ1) is 6.02. The maximum atomic E-state index is 6.05. The summed E-state index contributed by atoms with van der Waals surface area (Å²) in [4.78, 5) is 0. The number of rotatable bonds is 2. The van der Waals surface area contributed by atoms with E-state index in [2.05, 4.69) is 13.8 Å². The predicted molar refractivity (Wildman–Crippen MR) is 57.4 cm³/mol. The Balaban J connectivity index is 3.01. The monoisotopic (exact) mass is 178 g/mol. The van der Waals surface area contributed by atoms with E-state index in [4.69, 9.17) is 11.5 Å². The van der Waals surface area contributed by atoms with Gasteiger partial charge in [-0.15, -0.1) is 0 Å². The summed E-state index contributed by atoms with van der Waals surface area (Å²) in [7, 11) is 0. The van der Waals surface area contributed by atoms with Gasteiger partial charge in [0.25, 0.3) is 0 Å². The first-order valence-corrected chi connectivity index (χ1v) is 4.64. The molecular weight excluding hydrogens is 160 g/mol. The highest BCUT2D eigenvalue weighted by molar-refractivity contribution is 5.45. The van der Waals surface area contributed by atoms with Crippen LogP contribution < -0.4 is 11.5 Å². The van der Waals surface area contributed by atoms with Crippen molar-refractivity contribution in [3.8, 4) is 0 Å². The van der Waals surface area contributed by atoms with Gasteiger partial charge in [0, 0.05) is 11.7 Å². The van der Waals surface area contributed by atoms with Crippen molar-refractivity contribution >= 4 is 5.69 Å². The van der Waals surface area contributed by atoms with Crippen LogP contribution in [-0.4, -0.2) is 0 Å². The minimum atomic E-state index is 0.112. The Labute approximate surface area is 79.9 Å². The van der Waals surface area contributed by atoms with E-state index in [9.17, 15) is 0 Å². The summed E-state index contributed by atoms with van der Waals surface area (Å²) in [6.45, 7) is 6.30. The van der Waals surface area contributed by atoms with Crippen LogP contribution in [-0.2, 0) is 0 Å². The Morgan fingerprint density at radius 1 is 1.23 bits per heavy atom. The number of aryl methyl sites for hydroxylation is 1. The average molecular weight is 178 g/mol. The van der Waals surface area contributed by atoms with Crippen molar-refractivity contribution in [1.29, 1.82) is 0 Å². The summed E-state index contributed by atoms with van der Waals surface area (Å²) in [5, 5.41) is 0. The lowest BCUT2D eigenvalue weighted by atomic mass is 9.93. The molecule has 13 heavy (non-hydrogen) atoms. The number of benzene rings is 1. The highest BCUT2D eigenvalue weighted by Crippen LogP contribution is 2.23. The second-order valence-electron chi connectivity index (χ2n) is 3.89. The molecule has 1 aromatic rings. The lowest BCUT2D eigenvalue weighted by molar-refractivity contribution is 0.512. The van der Waals surface area contributed by atoms with E-state index in [1.54, 1.807) is 0 Å². The van der Waals surface area contributed by atoms with Crippen LogP contribution in [0.3, 0.4) is 0 Å². The van der Waals surface area contributed by atoms with Gasteiger partial charge in [-0.3, -0.25) is 0 Å². The quantitative estimate of drug-likeness (QED) is 0.682. The van der Waals surface area contributed by atoms with Crippen LogP contribution in [0.5, 0.6) is 0 Å². The Hall–Kier alpha value is -1.02. The molecular formula is C11H18N2. The molecule has 0 bridgehead atoms. The van der Waals surface area contributed by atoms with Crippen molar-refractivity contribution in [2.75, 3.05) is 5.73 Å².